The lowest BCUT2D eigenvalue weighted by molar-refractivity contribution is 0.328. The van der Waals surface area contributed by atoms with Crippen LogP contribution in [0, 0.1) is 5.82 Å². The third-order valence-corrected chi connectivity index (χ3v) is 3.91. The number of hydrogen-bond donors (Lipinski definition) is 1. The first-order valence-corrected chi connectivity index (χ1v) is 7.35. The summed E-state index contributed by atoms with van der Waals surface area (Å²) in [6.45, 7) is 0.628. The molecule has 0 radical (unpaired) electrons. The summed E-state index contributed by atoms with van der Waals surface area (Å²) in [4.78, 5) is 0. The van der Waals surface area contributed by atoms with Gasteiger partial charge in [0.15, 0.2) is 0 Å². The molecule has 0 atom stereocenters. The molecule has 1 aliphatic rings. The van der Waals surface area contributed by atoms with Crippen LogP contribution in [0.4, 0.5) is 10.1 Å². The van der Waals surface area contributed by atoms with Gasteiger partial charge in [-0.15, -0.1) is 0 Å². The molecule has 106 valence electrons. The van der Waals surface area contributed by atoms with E-state index in [9.17, 15) is 4.39 Å². The van der Waals surface area contributed by atoms with Gasteiger partial charge in [-0.2, -0.15) is 5.10 Å². The lowest BCUT2D eigenvalue weighted by Gasteiger charge is -2.21. The molecular formula is C16H20FN3. The lowest BCUT2D eigenvalue weighted by Crippen LogP contribution is -2.13. The van der Waals surface area contributed by atoms with E-state index in [1.165, 1.54) is 44.2 Å². The van der Waals surface area contributed by atoms with Gasteiger partial charge in [0, 0.05) is 11.9 Å². The standard InChI is InChI=1S/C16H20FN3/c17-13-5-4-6-14(11-13)18-12-15-9-10-20(19-15)16-7-2-1-3-8-16/h4-6,9-11,16,18H,1-3,7-8,12H2. The Kier molecular flexibility index (Phi) is 4.00. The predicted molar refractivity (Wildman–Crippen MR) is 78.1 cm³/mol. The van der Waals surface area contributed by atoms with E-state index in [0.29, 0.717) is 12.6 Å². The summed E-state index contributed by atoms with van der Waals surface area (Å²) in [6, 6.07) is 9.12. The highest BCUT2D eigenvalue weighted by Gasteiger charge is 2.15. The molecule has 1 fully saturated rings. The topological polar surface area (TPSA) is 29.9 Å². The first-order chi connectivity index (χ1) is 9.81. The minimum atomic E-state index is -0.220. The summed E-state index contributed by atoms with van der Waals surface area (Å²) in [5.41, 5.74) is 1.79. The van der Waals surface area contributed by atoms with Crippen LogP contribution in [0.3, 0.4) is 0 Å². The van der Waals surface area contributed by atoms with Crippen LogP contribution in [0.25, 0.3) is 0 Å². The van der Waals surface area contributed by atoms with Crippen molar-refractivity contribution < 1.29 is 4.39 Å². The molecular weight excluding hydrogens is 253 g/mol. The van der Waals surface area contributed by atoms with Crippen molar-refractivity contribution in [1.82, 2.24) is 9.78 Å². The highest BCUT2D eigenvalue weighted by Crippen LogP contribution is 2.27. The zero-order valence-corrected chi connectivity index (χ0v) is 11.6. The molecule has 1 saturated carbocycles. The summed E-state index contributed by atoms with van der Waals surface area (Å²) < 4.78 is 15.2. The van der Waals surface area contributed by atoms with Gasteiger partial charge in [-0.1, -0.05) is 25.3 Å². The van der Waals surface area contributed by atoms with Gasteiger partial charge in [-0.05, 0) is 37.1 Å². The van der Waals surface area contributed by atoms with E-state index in [2.05, 4.69) is 21.3 Å². The molecule has 3 nitrogen and oxygen atoms in total. The van der Waals surface area contributed by atoms with Crippen LogP contribution in [0.5, 0.6) is 0 Å². The highest BCUT2D eigenvalue weighted by molar-refractivity contribution is 5.43. The summed E-state index contributed by atoms with van der Waals surface area (Å²) in [7, 11) is 0. The maximum absolute atomic E-state index is 13.1. The molecule has 0 spiro atoms. The molecule has 1 N–H and O–H groups in total. The molecule has 0 unspecified atom stereocenters. The zero-order valence-electron chi connectivity index (χ0n) is 11.6. The van der Waals surface area contributed by atoms with Crippen LogP contribution in [-0.2, 0) is 6.54 Å². The van der Waals surface area contributed by atoms with Gasteiger partial charge in [-0.25, -0.2) is 4.39 Å². The Balaban J connectivity index is 1.59. The minimum Gasteiger partial charge on any atom is -0.379 e. The van der Waals surface area contributed by atoms with Crippen molar-refractivity contribution in [3.05, 3.63) is 48.0 Å². The van der Waals surface area contributed by atoms with E-state index in [4.69, 9.17) is 0 Å². The van der Waals surface area contributed by atoms with Crippen molar-refractivity contribution in [1.29, 1.82) is 0 Å². The van der Waals surface area contributed by atoms with Crippen molar-refractivity contribution in [3.63, 3.8) is 0 Å². The van der Waals surface area contributed by atoms with Crippen LogP contribution in [-0.4, -0.2) is 9.78 Å². The van der Waals surface area contributed by atoms with E-state index in [0.717, 1.165) is 11.4 Å². The number of rotatable bonds is 4. The quantitative estimate of drug-likeness (QED) is 0.907. The number of nitrogens with zero attached hydrogens (tertiary/aromatic N) is 2. The molecule has 20 heavy (non-hydrogen) atoms. The van der Waals surface area contributed by atoms with E-state index in [1.54, 1.807) is 6.07 Å². The third kappa shape index (κ3) is 3.18. The molecule has 0 bridgehead atoms. The van der Waals surface area contributed by atoms with E-state index >= 15 is 0 Å². The molecule has 0 saturated heterocycles. The third-order valence-electron chi connectivity index (χ3n) is 3.91. The monoisotopic (exact) mass is 273 g/mol. The van der Waals surface area contributed by atoms with Crippen molar-refractivity contribution in [2.24, 2.45) is 0 Å². The van der Waals surface area contributed by atoms with Crippen LogP contribution in [0.15, 0.2) is 36.5 Å². The van der Waals surface area contributed by atoms with Gasteiger partial charge < -0.3 is 5.32 Å². The second kappa shape index (κ2) is 6.07. The number of halogens is 1. The molecule has 1 heterocycles. The van der Waals surface area contributed by atoms with Crippen molar-refractivity contribution in [3.8, 4) is 0 Å². The summed E-state index contributed by atoms with van der Waals surface area (Å²) in [5, 5.41) is 7.83. The minimum absolute atomic E-state index is 0.220. The molecule has 1 aromatic carbocycles. The fraction of sp³-hybridized carbons (Fsp3) is 0.438. The molecule has 2 aromatic rings. The van der Waals surface area contributed by atoms with Crippen LogP contribution in [0.2, 0.25) is 0 Å². The molecule has 3 rings (SSSR count). The smallest absolute Gasteiger partial charge is 0.125 e. The van der Waals surface area contributed by atoms with Gasteiger partial charge >= 0.3 is 0 Å². The van der Waals surface area contributed by atoms with Crippen molar-refractivity contribution in [2.45, 2.75) is 44.7 Å². The maximum Gasteiger partial charge on any atom is 0.125 e. The zero-order chi connectivity index (χ0) is 13.8. The Morgan fingerprint density at radius 1 is 1.20 bits per heavy atom. The molecule has 0 aliphatic heterocycles. The first kappa shape index (κ1) is 13.2. The Labute approximate surface area is 118 Å². The van der Waals surface area contributed by atoms with Gasteiger partial charge in [0.1, 0.15) is 5.82 Å². The Hall–Kier alpha value is -1.84. The number of hydrogen-bond acceptors (Lipinski definition) is 2. The largest absolute Gasteiger partial charge is 0.379 e. The molecule has 1 aliphatic carbocycles. The average Bonchev–Trinajstić information content (AvgIpc) is 2.95. The fourth-order valence-electron chi connectivity index (χ4n) is 2.81. The maximum atomic E-state index is 13.1. The molecule has 1 aromatic heterocycles. The molecule has 4 heteroatoms. The van der Waals surface area contributed by atoms with Gasteiger partial charge in [-0.3, -0.25) is 4.68 Å². The summed E-state index contributed by atoms with van der Waals surface area (Å²) in [5.74, 6) is -0.220. The van der Waals surface area contributed by atoms with Gasteiger partial charge in [0.05, 0.1) is 18.3 Å². The number of benzene rings is 1. The first-order valence-electron chi connectivity index (χ1n) is 7.35. The second-order valence-corrected chi connectivity index (χ2v) is 5.44. The van der Waals surface area contributed by atoms with Crippen molar-refractivity contribution in [2.75, 3.05) is 5.32 Å². The normalized spacial score (nSPS) is 16.2. The van der Waals surface area contributed by atoms with Crippen LogP contribution >= 0.6 is 0 Å². The lowest BCUT2D eigenvalue weighted by atomic mass is 9.96. The number of aromatic nitrogens is 2. The van der Waals surface area contributed by atoms with E-state index in [-0.39, 0.29) is 5.82 Å². The molecule has 0 amide bonds. The van der Waals surface area contributed by atoms with Crippen LogP contribution < -0.4 is 5.32 Å². The van der Waals surface area contributed by atoms with Gasteiger partial charge in [0.25, 0.3) is 0 Å². The number of anilines is 1. The Morgan fingerprint density at radius 2 is 2.05 bits per heavy atom. The summed E-state index contributed by atoms with van der Waals surface area (Å²) in [6.07, 6.45) is 8.50. The van der Waals surface area contributed by atoms with E-state index < -0.39 is 0 Å². The second-order valence-electron chi connectivity index (χ2n) is 5.44. The number of nitrogens with one attached hydrogen (secondary N) is 1. The Morgan fingerprint density at radius 3 is 2.85 bits per heavy atom. The summed E-state index contributed by atoms with van der Waals surface area (Å²) >= 11 is 0. The van der Waals surface area contributed by atoms with Crippen molar-refractivity contribution >= 4 is 5.69 Å². The highest BCUT2D eigenvalue weighted by atomic mass is 19.1. The average molecular weight is 273 g/mol. The SMILES string of the molecule is Fc1cccc(NCc2ccn(C3CCCCC3)n2)c1. The van der Waals surface area contributed by atoms with Crippen LogP contribution in [0.1, 0.15) is 43.8 Å². The van der Waals surface area contributed by atoms with Gasteiger partial charge in [0.2, 0.25) is 0 Å². The predicted octanol–water partition coefficient (Wildman–Crippen LogP) is 4.14. The fourth-order valence-corrected chi connectivity index (χ4v) is 2.81. The Bertz CT molecular complexity index is 558. The van der Waals surface area contributed by atoms with E-state index in [1.807, 2.05) is 12.1 Å².